The minimum absolute atomic E-state index is 0.0264. The number of rotatable bonds is 5. The molecule has 1 heterocycles. The Balaban J connectivity index is 2.41. The van der Waals surface area contributed by atoms with Gasteiger partial charge in [-0.2, -0.15) is 0 Å². The molecule has 1 aromatic heterocycles. The van der Waals surface area contributed by atoms with Crippen molar-refractivity contribution in [3.8, 4) is 0 Å². The molecular weight excluding hydrogens is 276 g/mol. The van der Waals surface area contributed by atoms with Gasteiger partial charge in [-0.15, -0.1) is 0 Å². The lowest BCUT2D eigenvalue weighted by molar-refractivity contribution is -0.131. The summed E-state index contributed by atoms with van der Waals surface area (Å²) in [5.74, 6) is -1.97. The first-order valence-corrected chi connectivity index (χ1v) is 6.62. The largest absolute Gasteiger partial charge is 0.478 e. The number of hydrogen-bond donors (Lipinski definition) is 1. The molecule has 1 amide bonds. The van der Waals surface area contributed by atoms with E-state index in [2.05, 4.69) is 0 Å². The molecule has 0 aliphatic rings. The molecule has 112 valence electrons. The van der Waals surface area contributed by atoms with Crippen molar-refractivity contribution in [2.75, 3.05) is 13.1 Å². The molecule has 1 N–H and O–H groups in total. The summed E-state index contributed by atoms with van der Waals surface area (Å²) in [5.41, 5.74) is 0.594. The number of hydrogen-bond acceptors (Lipinski definition) is 4. The van der Waals surface area contributed by atoms with Gasteiger partial charge in [0.1, 0.15) is 6.54 Å². The summed E-state index contributed by atoms with van der Waals surface area (Å²) in [6.45, 7) is 4.71. The minimum atomic E-state index is -1.11. The van der Waals surface area contributed by atoms with Gasteiger partial charge < -0.3 is 14.4 Å². The van der Waals surface area contributed by atoms with Crippen molar-refractivity contribution in [3.63, 3.8) is 0 Å². The van der Waals surface area contributed by atoms with Crippen LogP contribution in [0.25, 0.3) is 11.1 Å². The van der Waals surface area contributed by atoms with Gasteiger partial charge in [0.15, 0.2) is 5.58 Å². The number of oxazole rings is 1. The predicted molar refractivity (Wildman–Crippen MR) is 75.4 cm³/mol. The Morgan fingerprint density at radius 2 is 1.95 bits per heavy atom. The molecule has 0 spiro atoms. The summed E-state index contributed by atoms with van der Waals surface area (Å²) < 4.78 is 6.22. The number of carboxylic acid groups (broad SMARTS) is 1. The minimum Gasteiger partial charge on any atom is -0.478 e. The first-order valence-electron chi connectivity index (χ1n) is 6.62. The monoisotopic (exact) mass is 292 g/mol. The van der Waals surface area contributed by atoms with Gasteiger partial charge in [-0.25, -0.2) is 9.59 Å². The Morgan fingerprint density at radius 1 is 1.29 bits per heavy atom. The molecule has 0 bridgehead atoms. The molecule has 0 radical (unpaired) electrons. The van der Waals surface area contributed by atoms with Crippen molar-refractivity contribution < 1.29 is 19.1 Å². The van der Waals surface area contributed by atoms with Crippen LogP contribution in [0.15, 0.2) is 27.4 Å². The molecule has 0 fully saturated rings. The number of aromatic nitrogens is 1. The summed E-state index contributed by atoms with van der Waals surface area (Å²) in [5, 5.41) is 8.92. The van der Waals surface area contributed by atoms with Crippen molar-refractivity contribution in [2.24, 2.45) is 0 Å². The average Bonchev–Trinajstić information content (AvgIpc) is 2.75. The Bertz CT molecular complexity index is 739. The quantitative estimate of drug-likeness (QED) is 0.892. The zero-order chi connectivity index (χ0) is 15.6. The third kappa shape index (κ3) is 2.81. The fourth-order valence-electron chi connectivity index (χ4n) is 2.16. The van der Waals surface area contributed by atoms with E-state index in [1.54, 1.807) is 4.90 Å². The number of nitrogens with zero attached hydrogens (tertiary/aromatic N) is 2. The van der Waals surface area contributed by atoms with Gasteiger partial charge in [-0.1, -0.05) is 0 Å². The summed E-state index contributed by atoms with van der Waals surface area (Å²) in [7, 11) is 0. The maximum absolute atomic E-state index is 12.1. The molecule has 21 heavy (non-hydrogen) atoms. The van der Waals surface area contributed by atoms with Gasteiger partial charge in [-0.3, -0.25) is 9.36 Å². The Morgan fingerprint density at radius 3 is 2.52 bits per heavy atom. The molecular formula is C14H16N2O5. The SMILES string of the molecule is CCN(CC)C(=O)Cn1c(=O)oc2cc(C(=O)O)ccc21. The van der Waals surface area contributed by atoms with Crippen LogP contribution in [0.1, 0.15) is 24.2 Å². The number of carbonyl (C=O) groups excluding carboxylic acids is 1. The van der Waals surface area contributed by atoms with Crippen molar-refractivity contribution in [1.82, 2.24) is 9.47 Å². The van der Waals surface area contributed by atoms with Crippen LogP contribution in [0.4, 0.5) is 0 Å². The third-order valence-corrected chi connectivity index (χ3v) is 3.32. The van der Waals surface area contributed by atoms with Gasteiger partial charge >= 0.3 is 11.7 Å². The normalized spacial score (nSPS) is 10.8. The second-order valence-electron chi connectivity index (χ2n) is 4.51. The van der Waals surface area contributed by atoms with Crippen LogP contribution >= 0.6 is 0 Å². The van der Waals surface area contributed by atoms with E-state index in [0.717, 1.165) is 0 Å². The lowest BCUT2D eigenvalue weighted by atomic mass is 10.2. The predicted octanol–water partition coefficient (Wildman–Crippen LogP) is 1.16. The Labute approximate surface area is 120 Å². The number of benzene rings is 1. The third-order valence-electron chi connectivity index (χ3n) is 3.32. The molecule has 7 heteroatoms. The number of likely N-dealkylation sites (N-methyl/N-ethyl adjacent to an activating group) is 1. The van der Waals surface area contributed by atoms with Crippen LogP contribution in [0.3, 0.4) is 0 Å². The Kier molecular flexibility index (Phi) is 4.11. The summed E-state index contributed by atoms with van der Waals surface area (Å²) in [6.07, 6.45) is 0. The Hall–Kier alpha value is -2.57. The highest BCUT2D eigenvalue weighted by Gasteiger charge is 2.17. The van der Waals surface area contributed by atoms with Gasteiger partial charge in [0.25, 0.3) is 0 Å². The van der Waals surface area contributed by atoms with E-state index >= 15 is 0 Å². The molecule has 0 aliphatic heterocycles. The van der Waals surface area contributed by atoms with Gasteiger partial charge in [0.05, 0.1) is 11.1 Å². The van der Waals surface area contributed by atoms with Crippen LogP contribution in [0.5, 0.6) is 0 Å². The highest BCUT2D eigenvalue weighted by atomic mass is 16.4. The molecule has 0 atom stereocenters. The molecule has 2 aromatic rings. The number of aromatic carboxylic acids is 1. The second-order valence-corrected chi connectivity index (χ2v) is 4.51. The fourth-order valence-corrected chi connectivity index (χ4v) is 2.16. The lowest BCUT2D eigenvalue weighted by Gasteiger charge is -2.18. The van der Waals surface area contributed by atoms with Crippen LogP contribution in [-0.2, 0) is 11.3 Å². The summed E-state index contributed by atoms with van der Waals surface area (Å²) in [6, 6.07) is 4.12. The van der Waals surface area contributed by atoms with E-state index in [-0.39, 0.29) is 23.6 Å². The van der Waals surface area contributed by atoms with E-state index < -0.39 is 11.7 Å². The number of amides is 1. The first kappa shape index (κ1) is 14.8. The van der Waals surface area contributed by atoms with Crippen LogP contribution in [0.2, 0.25) is 0 Å². The highest BCUT2D eigenvalue weighted by Crippen LogP contribution is 2.15. The van der Waals surface area contributed by atoms with E-state index in [1.807, 2.05) is 13.8 Å². The van der Waals surface area contributed by atoms with Crippen molar-refractivity contribution in [3.05, 3.63) is 34.3 Å². The molecule has 2 rings (SSSR count). The highest BCUT2D eigenvalue weighted by molar-refractivity contribution is 5.92. The van der Waals surface area contributed by atoms with E-state index in [0.29, 0.717) is 18.6 Å². The van der Waals surface area contributed by atoms with Crippen LogP contribution in [-0.4, -0.2) is 39.5 Å². The van der Waals surface area contributed by atoms with Gasteiger partial charge in [0.2, 0.25) is 5.91 Å². The molecule has 0 saturated heterocycles. The van der Waals surface area contributed by atoms with Crippen LogP contribution in [0, 0.1) is 0 Å². The zero-order valence-corrected chi connectivity index (χ0v) is 11.8. The number of carboxylic acids is 1. The standard InChI is InChI=1S/C14H16N2O5/c1-3-15(4-2)12(17)8-16-10-6-5-9(13(18)19)7-11(10)21-14(16)20/h5-7H,3-4,8H2,1-2H3,(H,18,19). The van der Waals surface area contributed by atoms with E-state index in [9.17, 15) is 14.4 Å². The average molecular weight is 292 g/mol. The zero-order valence-electron chi connectivity index (χ0n) is 11.8. The maximum Gasteiger partial charge on any atom is 0.420 e. The fraction of sp³-hybridized carbons (Fsp3) is 0.357. The maximum atomic E-state index is 12.1. The molecule has 7 nitrogen and oxygen atoms in total. The molecule has 0 unspecified atom stereocenters. The molecule has 1 aromatic carbocycles. The number of carbonyl (C=O) groups is 2. The first-order chi connectivity index (χ1) is 9.97. The lowest BCUT2D eigenvalue weighted by Crippen LogP contribution is -2.35. The summed E-state index contributed by atoms with van der Waals surface area (Å²) in [4.78, 5) is 36.4. The number of fused-ring (bicyclic) bond motifs is 1. The van der Waals surface area contributed by atoms with Crippen LogP contribution < -0.4 is 5.76 Å². The van der Waals surface area contributed by atoms with Gasteiger partial charge in [0, 0.05) is 13.1 Å². The van der Waals surface area contributed by atoms with Crippen molar-refractivity contribution >= 4 is 23.0 Å². The molecule has 0 saturated carbocycles. The second kappa shape index (κ2) is 5.82. The van der Waals surface area contributed by atoms with E-state index in [1.165, 1.54) is 22.8 Å². The smallest absolute Gasteiger partial charge is 0.420 e. The van der Waals surface area contributed by atoms with Crippen molar-refractivity contribution in [2.45, 2.75) is 20.4 Å². The van der Waals surface area contributed by atoms with E-state index in [4.69, 9.17) is 9.52 Å². The topological polar surface area (TPSA) is 92.8 Å². The van der Waals surface area contributed by atoms with Gasteiger partial charge in [-0.05, 0) is 32.0 Å². The summed E-state index contributed by atoms with van der Waals surface area (Å²) >= 11 is 0. The molecule has 0 aliphatic carbocycles. The van der Waals surface area contributed by atoms with Crippen molar-refractivity contribution in [1.29, 1.82) is 0 Å².